The summed E-state index contributed by atoms with van der Waals surface area (Å²) in [6.45, 7) is 5.97. The lowest BCUT2D eigenvalue weighted by atomic mass is 10.0. The van der Waals surface area contributed by atoms with Crippen LogP contribution >= 0.6 is 11.6 Å². The maximum atomic E-state index is 12.3. The number of nitrogen functional groups attached to an aromatic ring is 1. The molecule has 0 bridgehead atoms. The molecular formula is C16H17ClN2O. The lowest BCUT2D eigenvalue weighted by Crippen LogP contribution is -2.15. The normalized spacial score (nSPS) is 10.4. The van der Waals surface area contributed by atoms with Crippen molar-refractivity contribution in [3.8, 4) is 0 Å². The lowest BCUT2D eigenvalue weighted by molar-refractivity contribution is 0.102. The number of carbonyl (C=O) groups excluding carboxylic acids is 1. The largest absolute Gasteiger partial charge is 0.398 e. The molecule has 4 heteroatoms. The van der Waals surface area contributed by atoms with E-state index in [1.54, 1.807) is 18.2 Å². The van der Waals surface area contributed by atoms with Crippen molar-refractivity contribution in [2.75, 3.05) is 11.1 Å². The number of nitrogens with two attached hydrogens (primary N) is 1. The minimum absolute atomic E-state index is 0.252. The van der Waals surface area contributed by atoms with E-state index in [0.717, 1.165) is 16.8 Å². The first-order valence-electron chi connectivity index (χ1n) is 6.33. The second-order valence-corrected chi connectivity index (χ2v) is 5.31. The zero-order valence-electron chi connectivity index (χ0n) is 11.8. The van der Waals surface area contributed by atoms with Crippen LogP contribution in [0.4, 0.5) is 11.4 Å². The minimum atomic E-state index is -0.252. The van der Waals surface area contributed by atoms with E-state index in [0.29, 0.717) is 11.3 Å². The highest BCUT2D eigenvalue weighted by Gasteiger charge is 2.14. The standard InChI is InChI=1S/C16H17ClN2O/c1-9-7-10(2)15(11(3)8-9)19-16(20)12-5-4-6-13(18)14(12)17/h4-8H,18H2,1-3H3,(H,19,20). The van der Waals surface area contributed by atoms with Crippen LogP contribution in [0.5, 0.6) is 0 Å². The molecule has 0 aliphatic heterocycles. The first-order valence-corrected chi connectivity index (χ1v) is 6.71. The van der Waals surface area contributed by atoms with Gasteiger partial charge in [0.15, 0.2) is 0 Å². The molecule has 0 heterocycles. The summed E-state index contributed by atoms with van der Waals surface area (Å²) in [5.74, 6) is -0.252. The second kappa shape index (κ2) is 5.55. The van der Waals surface area contributed by atoms with Gasteiger partial charge in [0, 0.05) is 5.69 Å². The molecule has 0 atom stereocenters. The van der Waals surface area contributed by atoms with Gasteiger partial charge in [-0.2, -0.15) is 0 Å². The van der Waals surface area contributed by atoms with Crippen LogP contribution in [0.2, 0.25) is 5.02 Å². The van der Waals surface area contributed by atoms with E-state index in [1.165, 1.54) is 5.56 Å². The fourth-order valence-electron chi connectivity index (χ4n) is 2.28. The molecular weight excluding hydrogens is 272 g/mol. The first-order chi connectivity index (χ1) is 9.40. The third-order valence-electron chi connectivity index (χ3n) is 3.19. The average molecular weight is 289 g/mol. The number of carbonyl (C=O) groups is 1. The highest BCUT2D eigenvalue weighted by atomic mass is 35.5. The number of hydrogen-bond acceptors (Lipinski definition) is 2. The summed E-state index contributed by atoms with van der Waals surface area (Å²) in [5.41, 5.74) is 10.5. The van der Waals surface area contributed by atoms with Crippen LogP contribution in [0.25, 0.3) is 0 Å². The Balaban J connectivity index is 2.36. The van der Waals surface area contributed by atoms with E-state index in [1.807, 2.05) is 32.9 Å². The van der Waals surface area contributed by atoms with Crippen molar-refractivity contribution >= 4 is 28.9 Å². The van der Waals surface area contributed by atoms with Crippen molar-refractivity contribution in [3.63, 3.8) is 0 Å². The molecule has 2 aromatic rings. The third kappa shape index (κ3) is 2.78. The zero-order valence-corrected chi connectivity index (χ0v) is 12.5. The Morgan fingerprint density at radius 1 is 1.15 bits per heavy atom. The minimum Gasteiger partial charge on any atom is -0.398 e. The Labute approximate surface area is 123 Å². The Morgan fingerprint density at radius 2 is 1.75 bits per heavy atom. The number of amides is 1. The van der Waals surface area contributed by atoms with Crippen molar-refractivity contribution in [3.05, 3.63) is 57.6 Å². The number of rotatable bonds is 2. The lowest BCUT2D eigenvalue weighted by Gasteiger charge is -2.13. The molecule has 0 aromatic heterocycles. The molecule has 3 nitrogen and oxygen atoms in total. The summed E-state index contributed by atoms with van der Waals surface area (Å²) in [7, 11) is 0. The molecule has 0 spiro atoms. The third-order valence-corrected chi connectivity index (χ3v) is 3.61. The van der Waals surface area contributed by atoms with Gasteiger partial charge in [-0.1, -0.05) is 35.4 Å². The predicted molar refractivity (Wildman–Crippen MR) is 84.5 cm³/mol. The van der Waals surface area contributed by atoms with E-state index < -0.39 is 0 Å². The van der Waals surface area contributed by atoms with Crippen molar-refractivity contribution in [1.82, 2.24) is 0 Å². The number of nitrogens with one attached hydrogen (secondary N) is 1. The number of aryl methyl sites for hydroxylation is 3. The Hall–Kier alpha value is -2.00. The zero-order chi connectivity index (χ0) is 14.9. The maximum Gasteiger partial charge on any atom is 0.257 e. The van der Waals surface area contributed by atoms with E-state index >= 15 is 0 Å². The van der Waals surface area contributed by atoms with Crippen LogP contribution in [0, 0.1) is 20.8 Å². The molecule has 20 heavy (non-hydrogen) atoms. The smallest absolute Gasteiger partial charge is 0.257 e. The van der Waals surface area contributed by atoms with Crippen molar-refractivity contribution in [2.24, 2.45) is 0 Å². The fraction of sp³-hybridized carbons (Fsp3) is 0.188. The van der Waals surface area contributed by atoms with Crippen LogP contribution < -0.4 is 11.1 Å². The molecule has 1 amide bonds. The van der Waals surface area contributed by atoms with Gasteiger partial charge in [-0.05, 0) is 44.0 Å². The second-order valence-electron chi connectivity index (χ2n) is 4.94. The van der Waals surface area contributed by atoms with Gasteiger partial charge >= 0.3 is 0 Å². The van der Waals surface area contributed by atoms with E-state index in [-0.39, 0.29) is 10.9 Å². The van der Waals surface area contributed by atoms with Crippen LogP contribution in [0.3, 0.4) is 0 Å². The topological polar surface area (TPSA) is 55.1 Å². The molecule has 0 aliphatic rings. The molecule has 3 N–H and O–H groups in total. The van der Waals surface area contributed by atoms with Crippen LogP contribution in [0.1, 0.15) is 27.0 Å². The number of hydrogen-bond donors (Lipinski definition) is 2. The molecule has 0 saturated carbocycles. The molecule has 0 aliphatic carbocycles. The summed E-state index contributed by atoms with van der Waals surface area (Å²) in [5, 5.41) is 3.20. The van der Waals surface area contributed by atoms with Gasteiger partial charge in [0.25, 0.3) is 5.91 Å². The van der Waals surface area contributed by atoms with Crippen molar-refractivity contribution < 1.29 is 4.79 Å². The summed E-state index contributed by atoms with van der Waals surface area (Å²) >= 11 is 6.07. The molecule has 104 valence electrons. The quantitative estimate of drug-likeness (QED) is 0.818. The van der Waals surface area contributed by atoms with Gasteiger partial charge in [-0.3, -0.25) is 4.79 Å². The summed E-state index contributed by atoms with van der Waals surface area (Å²) in [4.78, 5) is 12.3. The molecule has 2 aromatic carbocycles. The Bertz CT molecular complexity index is 657. The SMILES string of the molecule is Cc1cc(C)c(NC(=O)c2cccc(N)c2Cl)c(C)c1. The number of anilines is 2. The van der Waals surface area contributed by atoms with Crippen LogP contribution in [0.15, 0.2) is 30.3 Å². The first kappa shape index (κ1) is 14.4. The van der Waals surface area contributed by atoms with Gasteiger partial charge in [0.1, 0.15) is 0 Å². The monoisotopic (exact) mass is 288 g/mol. The molecule has 2 rings (SSSR count). The van der Waals surface area contributed by atoms with E-state index in [9.17, 15) is 4.79 Å². The maximum absolute atomic E-state index is 12.3. The Kier molecular flexibility index (Phi) is 4.00. The average Bonchev–Trinajstić information content (AvgIpc) is 2.36. The van der Waals surface area contributed by atoms with Gasteiger partial charge < -0.3 is 11.1 Å². The molecule has 0 unspecified atom stereocenters. The highest BCUT2D eigenvalue weighted by Crippen LogP contribution is 2.26. The van der Waals surface area contributed by atoms with Crippen molar-refractivity contribution in [2.45, 2.75) is 20.8 Å². The summed E-state index contributed by atoms with van der Waals surface area (Å²) < 4.78 is 0. The van der Waals surface area contributed by atoms with Gasteiger partial charge in [-0.15, -0.1) is 0 Å². The fourth-order valence-corrected chi connectivity index (χ4v) is 2.50. The highest BCUT2D eigenvalue weighted by molar-refractivity contribution is 6.36. The Morgan fingerprint density at radius 3 is 2.35 bits per heavy atom. The van der Waals surface area contributed by atoms with Gasteiger partial charge in [0.05, 0.1) is 16.3 Å². The van der Waals surface area contributed by atoms with Gasteiger partial charge in [0.2, 0.25) is 0 Å². The number of halogens is 1. The molecule has 0 fully saturated rings. The van der Waals surface area contributed by atoms with Crippen LogP contribution in [-0.4, -0.2) is 5.91 Å². The number of benzene rings is 2. The van der Waals surface area contributed by atoms with Gasteiger partial charge in [-0.25, -0.2) is 0 Å². The summed E-state index contributed by atoms with van der Waals surface area (Å²) in [6.07, 6.45) is 0. The van der Waals surface area contributed by atoms with E-state index in [2.05, 4.69) is 5.32 Å². The summed E-state index contributed by atoms with van der Waals surface area (Å²) in [6, 6.07) is 9.10. The van der Waals surface area contributed by atoms with E-state index in [4.69, 9.17) is 17.3 Å². The molecule has 0 saturated heterocycles. The molecule has 0 radical (unpaired) electrons. The van der Waals surface area contributed by atoms with Crippen molar-refractivity contribution in [1.29, 1.82) is 0 Å². The van der Waals surface area contributed by atoms with Crippen LogP contribution in [-0.2, 0) is 0 Å². The predicted octanol–water partition coefficient (Wildman–Crippen LogP) is 4.10.